The van der Waals surface area contributed by atoms with E-state index in [4.69, 9.17) is 0 Å². The molecule has 1 aromatic carbocycles. The number of carbonyl (C=O) groups is 1. The molecule has 15 heavy (non-hydrogen) atoms. The molecule has 0 N–H and O–H groups in total. The van der Waals surface area contributed by atoms with Gasteiger partial charge in [-0.1, -0.05) is 42.0 Å². The van der Waals surface area contributed by atoms with E-state index >= 15 is 0 Å². The van der Waals surface area contributed by atoms with E-state index in [1.165, 1.54) is 19.3 Å². The molecular weight excluding hydrogens is 184 g/mol. The summed E-state index contributed by atoms with van der Waals surface area (Å²) >= 11 is 0. The van der Waals surface area contributed by atoms with Crippen molar-refractivity contribution >= 4 is 5.78 Å². The Balaban J connectivity index is 0.000000162. The van der Waals surface area contributed by atoms with Crippen LogP contribution in [0.15, 0.2) is 42.0 Å². The van der Waals surface area contributed by atoms with Crippen LogP contribution in [-0.4, -0.2) is 5.78 Å². The Kier molecular flexibility index (Phi) is 4.82. The summed E-state index contributed by atoms with van der Waals surface area (Å²) in [6, 6.07) is 9.23. The Labute approximate surface area is 91.8 Å². The number of hydrogen-bond donors (Lipinski definition) is 0. The molecule has 1 aliphatic rings. The van der Waals surface area contributed by atoms with Crippen LogP contribution in [0.1, 0.15) is 43.5 Å². The highest BCUT2D eigenvalue weighted by Gasteiger charge is 1.95. The van der Waals surface area contributed by atoms with Gasteiger partial charge in [-0.05, 0) is 33.1 Å². The van der Waals surface area contributed by atoms with Crippen molar-refractivity contribution in [3.63, 3.8) is 0 Å². The maximum absolute atomic E-state index is 10.6. The number of benzene rings is 1. The molecule has 1 heteroatoms. The zero-order valence-electron chi connectivity index (χ0n) is 9.49. The first-order valence-electron chi connectivity index (χ1n) is 5.42. The predicted molar refractivity (Wildman–Crippen MR) is 64.1 cm³/mol. The van der Waals surface area contributed by atoms with E-state index in [-0.39, 0.29) is 5.78 Å². The van der Waals surface area contributed by atoms with Crippen LogP contribution >= 0.6 is 0 Å². The fourth-order valence-corrected chi connectivity index (χ4v) is 1.50. The number of rotatable bonds is 1. The average Bonchev–Trinajstić information content (AvgIpc) is 2.71. The first-order valence-corrected chi connectivity index (χ1v) is 5.42. The van der Waals surface area contributed by atoms with Gasteiger partial charge in [-0.3, -0.25) is 4.79 Å². The Morgan fingerprint density at radius 2 is 1.87 bits per heavy atom. The topological polar surface area (TPSA) is 17.1 Å². The molecule has 0 aromatic heterocycles. The standard InChI is InChI=1S/C8H8O.C6H10/c1-7(9)8-5-3-2-4-6-8;1-6-4-2-3-5-6/h2-6H,1H3;4H,2-3,5H2,1H3. The van der Waals surface area contributed by atoms with Crippen molar-refractivity contribution in [2.24, 2.45) is 0 Å². The van der Waals surface area contributed by atoms with Crippen LogP contribution in [0.25, 0.3) is 0 Å². The van der Waals surface area contributed by atoms with Gasteiger partial charge >= 0.3 is 0 Å². The molecule has 0 atom stereocenters. The van der Waals surface area contributed by atoms with Gasteiger partial charge in [0, 0.05) is 5.56 Å². The van der Waals surface area contributed by atoms with E-state index < -0.39 is 0 Å². The molecule has 0 saturated heterocycles. The second kappa shape index (κ2) is 6.18. The summed E-state index contributed by atoms with van der Waals surface area (Å²) < 4.78 is 0. The molecule has 0 bridgehead atoms. The molecule has 0 spiro atoms. The highest BCUT2D eigenvalue weighted by atomic mass is 16.1. The molecule has 1 nitrogen and oxygen atoms in total. The van der Waals surface area contributed by atoms with E-state index in [1.54, 1.807) is 12.5 Å². The van der Waals surface area contributed by atoms with E-state index in [1.807, 2.05) is 30.3 Å². The van der Waals surface area contributed by atoms with Crippen LogP contribution in [0.3, 0.4) is 0 Å². The van der Waals surface area contributed by atoms with Gasteiger partial charge in [0.15, 0.2) is 5.78 Å². The van der Waals surface area contributed by atoms with Gasteiger partial charge in [0.2, 0.25) is 0 Å². The second-order valence-corrected chi connectivity index (χ2v) is 3.86. The van der Waals surface area contributed by atoms with Crippen molar-refractivity contribution < 1.29 is 4.79 Å². The van der Waals surface area contributed by atoms with Crippen molar-refractivity contribution in [2.45, 2.75) is 33.1 Å². The molecule has 1 aromatic rings. The number of carbonyl (C=O) groups excluding carboxylic acids is 1. The Hall–Kier alpha value is -1.37. The molecule has 0 amide bonds. The SMILES string of the molecule is CC(=O)c1ccccc1.CC1=CCCC1. The van der Waals surface area contributed by atoms with Crippen molar-refractivity contribution in [2.75, 3.05) is 0 Å². The van der Waals surface area contributed by atoms with E-state index in [0.29, 0.717) is 0 Å². The third-order valence-corrected chi connectivity index (χ3v) is 2.45. The molecule has 0 saturated carbocycles. The zero-order chi connectivity index (χ0) is 11.1. The minimum atomic E-state index is 0.121. The lowest BCUT2D eigenvalue weighted by atomic mass is 10.2. The first-order chi connectivity index (χ1) is 7.20. The van der Waals surface area contributed by atoms with E-state index in [2.05, 4.69) is 13.0 Å². The minimum Gasteiger partial charge on any atom is -0.295 e. The van der Waals surface area contributed by atoms with Gasteiger partial charge in [-0.25, -0.2) is 0 Å². The van der Waals surface area contributed by atoms with Gasteiger partial charge < -0.3 is 0 Å². The highest BCUT2D eigenvalue weighted by molar-refractivity contribution is 5.93. The molecule has 0 fully saturated rings. The molecule has 0 heterocycles. The van der Waals surface area contributed by atoms with Crippen molar-refractivity contribution in [3.05, 3.63) is 47.5 Å². The number of ketones is 1. The van der Waals surface area contributed by atoms with Crippen LogP contribution in [0, 0.1) is 0 Å². The summed E-state index contributed by atoms with van der Waals surface area (Å²) in [5.41, 5.74) is 2.35. The maximum Gasteiger partial charge on any atom is 0.159 e. The number of hydrogen-bond acceptors (Lipinski definition) is 1. The smallest absolute Gasteiger partial charge is 0.159 e. The number of allylic oxidation sites excluding steroid dienone is 2. The van der Waals surface area contributed by atoms with Gasteiger partial charge in [-0.15, -0.1) is 0 Å². The summed E-state index contributed by atoms with van der Waals surface area (Å²) in [7, 11) is 0. The van der Waals surface area contributed by atoms with Gasteiger partial charge in [0.05, 0.1) is 0 Å². The van der Waals surface area contributed by atoms with Crippen LogP contribution < -0.4 is 0 Å². The lowest BCUT2D eigenvalue weighted by Gasteiger charge is -1.89. The first kappa shape index (κ1) is 11.7. The second-order valence-electron chi connectivity index (χ2n) is 3.86. The van der Waals surface area contributed by atoms with Gasteiger partial charge in [-0.2, -0.15) is 0 Å². The molecule has 0 radical (unpaired) electrons. The molecule has 80 valence electrons. The minimum absolute atomic E-state index is 0.121. The van der Waals surface area contributed by atoms with Crippen LogP contribution in [0.2, 0.25) is 0 Å². The maximum atomic E-state index is 10.6. The van der Waals surface area contributed by atoms with Crippen molar-refractivity contribution in [1.82, 2.24) is 0 Å². The molecule has 2 rings (SSSR count). The molecule has 0 aliphatic heterocycles. The predicted octanol–water partition coefficient (Wildman–Crippen LogP) is 4.01. The average molecular weight is 202 g/mol. The third kappa shape index (κ3) is 4.59. The third-order valence-electron chi connectivity index (χ3n) is 2.45. The molecule has 1 aliphatic carbocycles. The van der Waals surface area contributed by atoms with Gasteiger partial charge in [0.25, 0.3) is 0 Å². The summed E-state index contributed by atoms with van der Waals surface area (Å²) in [5.74, 6) is 0.121. The lowest BCUT2D eigenvalue weighted by Crippen LogP contribution is -1.88. The van der Waals surface area contributed by atoms with Crippen LogP contribution in [0.4, 0.5) is 0 Å². The Morgan fingerprint density at radius 3 is 2.13 bits per heavy atom. The highest BCUT2D eigenvalue weighted by Crippen LogP contribution is 2.15. The summed E-state index contributed by atoms with van der Waals surface area (Å²) in [4.78, 5) is 10.6. The van der Waals surface area contributed by atoms with E-state index in [0.717, 1.165) is 5.56 Å². The van der Waals surface area contributed by atoms with Crippen LogP contribution in [0.5, 0.6) is 0 Å². The molecular formula is C14H18O. The largest absolute Gasteiger partial charge is 0.295 e. The van der Waals surface area contributed by atoms with E-state index in [9.17, 15) is 4.79 Å². The monoisotopic (exact) mass is 202 g/mol. The Morgan fingerprint density at radius 1 is 1.20 bits per heavy atom. The lowest BCUT2D eigenvalue weighted by molar-refractivity contribution is 0.101. The summed E-state index contributed by atoms with van der Waals surface area (Å²) in [6.45, 7) is 3.77. The van der Waals surface area contributed by atoms with Crippen LogP contribution in [-0.2, 0) is 0 Å². The quantitative estimate of drug-likeness (QED) is 0.497. The number of Topliss-reactive ketones (excluding diaryl/α,β-unsaturated/α-hetero) is 1. The summed E-state index contributed by atoms with van der Waals surface area (Å²) in [6.07, 6.45) is 6.39. The Bertz CT molecular complexity index is 336. The normalized spacial score (nSPS) is 13.9. The molecule has 0 unspecified atom stereocenters. The zero-order valence-corrected chi connectivity index (χ0v) is 9.49. The fraction of sp³-hybridized carbons (Fsp3) is 0.357. The summed E-state index contributed by atoms with van der Waals surface area (Å²) in [5, 5.41) is 0. The van der Waals surface area contributed by atoms with Crippen molar-refractivity contribution in [1.29, 1.82) is 0 Å². The van der Waals surface area contributed by atoms with Gasteiger partial charge in [0.1, 0.15) is 0 Å². The van der Waals surface area contributed by atoms with Crippen molar-refractivity contribution in [3.8, 4) is 0 Å². The fourth-order valence-electron chi connectivity index (χ4n) is 1.50.